The Balaban J connectivity index is 1.52. The standard InChI is InChI=1S/C22H15Br2N3O6/c23-16-5-2-4-15(10-16)22(29)33-18-6-1-3-14(9-18)12-25-26-21(28)13-32-20-8-7-17(27(30)31)11-19(20)24/h1-12H,13H2,(H,26,28)/b25-12+. The average Bonchev–Trinajstić information content (AvgIpc) is 2.78. The molecule has 0 aliphatic heterocycles. The number of nitrogens with one attached hydrogen (secondary N) is 1. The molecule has 0 bridgehead atoms. The fraction of sp³-hybridized carbons (Fsp3) is 0.0455. The Bertz CT molecular complexity index is 1230. The van der Waals surface area contributed by atoms with Gasteiger partial charge in [-0.3, -0.25) is 14.9 Å². The SMILES string of the molecule is O=C(COc1ccc([N+](=O)[O-])cc1Br)N/N=C/c1cccc(OC(=O)c2cccc(Br)c2)c1. The highest BCUT2D eigenvalue weighted by atomic mass is 79.9. The molecule has 0 saturated carbocycles. The summed E-state index contributed by atoms with van der Waals surface area (Å²) in [5, 5.41) is 14.6. The van der Waals surface area contributed by atoms with Crippen LogP contribution in [0.2, 0.25) is 0 Å². The number of hydrogen-bond acceptors (Lipinski definition) is 7. The molecular formula is C22H15Br2N3O6. The number of ether oxygens (including phenoxy) is 2. The number of nitrogens with zero attached hydrogens (tertiary/aromatic N) is 2. The van der Waals surface area contributed by atoms with Gasteiger partial charge in [-0.15, -0.1) is 0 Å². The Hall–Kier alpha value is -3.57. The minimum absolute atomic E-state index is 0.104. The second-order valence-corrected chi connectivity index (χ2v) is 8.20. The maximum absolute atomic E-state index is 12.3. The number of nitro benzene ring substituents is 1. The van der Waals surface area contributed by atoms with Gasteiger partial charge in [0.1, 0.15) is 11.5 Å². The molecule has 9 nitrogen and oxygen atoms in total. The minimum Gasteiger partial charge on any atom is -0.483 e. The van der Waals surface area contributed by atoms with E-state index in [0.717, 1.165) is 4.47 Å². The van der Waals surface area contributed by atoms with Crippen molar-refractivity contribution in [3.05, 3.63) is 96.9 Å². The van der Waals surface area contributed by atoms with E-state index in [0.29, 0.717) is 21.3 Å². The number of rotatable bonds is 8. The van der Waals surface area contributed by atoms with Crippen LogP contribution in [0.4, 0.5) is 5.69 Å². The largest absolute Gasteiger partial charge is 0.483 e. The molecule has 0 heterocycles. The summed E-state index contributed by atoms with van der Waals surface area (Å²) in [6, 6.07) is 17.4. The van der Waals surface area contributed by atoms with Gasteiger partial charge in [-0.1, -0.05) is 34.1 Å². The van der Waals surface area contributed by atoms with Gasteiger partial charge >= 0.3 is 5.97 Å². The lowest BCUT2D eigenvalue weighted by Crippen LogP contribution is -2.24. The van der Waals surface area contributed by atoms with Crippen LogP contribution in [0.1, 0.15) is 15.9 Å². The summed E-state index contributed by atoms with van der Waals surface area (Å²) in [6.45, 7) is -0.349. The molecule has 1 amide bonds. The summed E-state index contributed by atoms with van der Waals surface area (Å²) >= 11 is 6.47. The summed E-state index contributed by atoms with van der Waals surface area (Å²) in [7, 11) is 0. The first-order chi connectivity index (χ1) is 15.8. The monoisotopic (exact) mass is 575 g/mol. The normalized spacial score (nSPS) is 10.6. The maximum Gasteiger partial charge on any atom is 0.343 e. The molecule has 3 aromatic carbocycles. The van der Waals surface area contributed by atoms with E-state index in [9.17, 15) is 19.7 Å². The number of benzene rings is 3. The van der Waals surface area contributed by atoms with Crippen LogP contribution >= 0.6 is 31.9 Å². The van der Waals surface area contributed by atoms with Gasteiger partial charge in [0, 0.05) is 16.6 Å². The minimum atomic E-state index is -0.535. The summed E-state index contributed by atoms with van der Waals surface area (Å²) in [4.78, 5) is 34.4. The summed E-state index contributed by atoms with van der Waals surface area (Å²) in [6.07, 6.45) is 1.39. The van der Waals surface area contributed by atoms with E-state index >= 15 is 0 Å². The van der Waals surface area contributed by atoms with Crippen LogP contribution in [-0.4, -0.2) is 29.6 Å². The molecular weight excluding hydrogens is 562 g/mol. The van der Waals surface area contributed by atoms with E-state index in [4.69, 9.17) is 9.47 Å². The molecule has 0 saturated heterocycles. The number of esters is 1. The van der Waals surface area contributed by atoms with E-state index in [1.165, 1.54) is 24.4 Å². The van der Waals surface area contributed by atoms with Crippen molar-refractivity contribution < 1.29 is 24.0 Å². The van der Waals surface area contributed by atoms with E-state index in [1.54, 1.807) is 48.5 Å². The zero-order valence-electron chi connectivity index (χ0n) is 16.7. The number of halogens is 2. The van der Waals surface area contributed by atoms with Crippen LogP contribution in [0.5, 0.6) is 11.5 Å². The van der Waals surface area contributed by atoms with Gasteiger partial charge in [-0.2, -0.15) is 5.10 Å². The first-order valence-corrected chi connectivity index (χ1v) is 10.9. The van der Waals surface area contributed by atoms with Crippen molar-refractivity contribution in [3.8, 4) is 11.5 Å². The van der Waals surface area contributed by atoms with Crippen molar-refractivity contribution in [1.29, 1.82) is 0 Å². The number of nitro groups is 1. The van der Waals surface area contributed by atoms with Crippen LogP contribution in [0, 0.1) is 10.1 Å². The molecule has 1 N–H and O–H groups in total. The smallest absolute Gasteiger partial charge is 0.343 e. The van der Waals surface area contributed by atoms with Gasteiger partial charge in [0.2, 0.25) is 0 Å². The lowest BCUT2D eigenvalue weighted by atomic mass is 10.2. The quantitative estimate of drug-likeness (QED) is 0.134. The average molecular weight is 577 g/mol. The van der Waals surface area contributed by atoms with Gasteiger partial charge in [0.05, 0.1) is 21.2 Å². The van der Waals surface area contributed by atoms with Crippen LogP contribution in [0.3, 0.4) is 0 Å². The first-order valence-electron chi connectivity index (χ1n) is 9.28. The predicted octanol–water partition coefficient (Wildman–Crippen LogP) is 4.87. The molecule has 0 atom stereocenters. The summed E-state index contributed by atoms with van der Waals surface area (Å²) in [5.41, 5.74) is 3.20. The highest BCUT2D eigenvalue weighted by Crippen LogP contribution is 2.29. The molecule has 0 radical (unpaired) electrons. The van der Waals surface area contributed by atoms with Crippen molar-refractivity contribution in [1.82, 2.24) is 5.43 Å². The maximum atomic E-state index is 12.3. The third kappa shape index (κ3) is 7.22. The zero-order valence-corrected chi connectivity index (χ0v) is 19.9. The molecule has 3 aromatic rings. The molecule has 33 heavy (non-hydrogen) atoms. The van der Waals surface area contributed by atoms with Crippen molar-refractivity contribution in [2.45, 2.75) is 0 Å². The Morgan fingerprint density at radius 3 is 2.58 bits per heavy atom. The highest BCUT2D eigenvalue weighted by Gasteiger charge is 2.11. The number of hydrazone groups is 1. The Morgan fingerprint density at radius 2 is 1.85 bits per heavy atom. The Labute approximate surface area is 204 Å². The van der Waals surface area contributed by atoms with Gasteiger partial charge in [-0.25, -0.2) is 10.2 Å². The second kappa shape index (κ2) is 11.3. The number of carbonyl (C=O) groups is 2. The number of non-ortho nitro benzene ring substituents is 1. The second-order valence-electron chi connectivity index (χ2n) is 6.43. The highest BCUT2D eigenvalue weighted by molar-refractivity contribution is 9.10. The third-order valence-electron chi connectivity index (χ3n) is 4.02. The van der Waals surface area contributed by atoms with E-state index in [-0.39, 0.29) is 18.0 Å². The number of amides is 1. The summed E-state index contributed by atoms with van der Waals surface area (Å²) in [5.74, 6) is -0.441. The molecule has 0 unspecified atom stereocenters. The Morgan fingerprint density at radius 1 is 1.06 bits per heavy atom. The van der Waals surface area contributed by atoms with E-state index in [1.807, 2.05) is 0 Å². The Kier molecular flexibility index (Phi) is 8.28. The van der Waals surface area contributed by atoms with Crippen molar-refractivity contribution >= 4 is 55.6 Å². The van der Waals surface area contributed by atoms with Crippen molar-refractivity contribution in [2.75, 3.05) is 6.61 Å². The number of hydrogen-bond donors (Lipinski definition) is 1. The van der Waals surface area contributed by atoms with Crippen LogP contribution in [0.15, 0.2) is 80.8 Å². The fourth-order valence-corrected chi connectivity index (χ4v) is 3.39. The van der Waals surface area contributed by atoms with E-state index < -0.39 is 16.8 Å². The summed E-state index contributed by atoms with van der Waals surface area (Å²) < 4.78 is 11.8. The van der Waals surface area contributed by atoms with Gasteiger partial charge in [-0.05, 0) is 57.9 Å². The lowest BCUT2D eigenvalue weighted by Gasteiger charge is -2.07. The van der Waals surface area contributed by atoms with Crippen LogP contribution in [0.25, 0.3) is 0 Å². The molecule has 3 rings (SSSR count). The molecule has 168 valence electrons. The topological polar surface area (TPSA) is 120 Å². The molecule has 11 heteroatoms. The first kappa shape index (κ1) is 24.1. The van der Waals surface area contributed by atoms with Gasteiger partial charge in [0.15, 0.2) is 6.61 Å². The van der Waals surface area contributed by atoms with Crippen molar-refractivity contribution in [2.24, 2.45) is 5.10 Å². The molecule has 0 aromatic heterocycles. The van der Waals surface area contributed by atoms with Gasteiger partial charge in [0.25, 0.3) is 11.6 Å². The molecule has 0 aliphatic rings. The van der Waals surface area contributed by atoms with E-state index in [2.05, 4.69) is 42.4 Å². The zero-order chi connectivity index (χ0) is 23.8. The van der Waals surface area contributed by atoms with Crippen molar-refractivity contribution in [3.63, 3.8) is 0 Å². The molecule has 0 fully saturated rings. The van der Waals surface area contributed by atoms with Crippen LogP contribution < -0.4 is 14.9 Å². The number of carbonyl (C=O) groups excluding carboxylic acids is 2. The van der Waals surface area contributed by atoms with Gasteiger partial charge < -0.3 is 9.47 Å². The predicted molar refractivity (Wildman–Crippen MR) is 128 cm³/mol. The van der Waals surface area contributed by atoms with Crippen LogP contribution in [-0.2, 0) is 4.79 Å². The molecule has 0 spiro atoms. The molecule has 0 aliphatic carbocycles. The fourth-order valence-electron chi connectivity index (χ4n) is 2.51. The third-order valence-corrected chi connectivity index (χ3v) is 5.13. The lowest BCUT2D eigenvalue weighted by molar-refractivity contribution is -0.384.